The molecule has 0 bridgehead atoms. The number of fused-ring (bicyclic) bond motifs is 1. The lowest BCUT2D eigenvalue weighted by molar-refractivity contribution is -0.133. The minimum Gasteiger partial charge on any atom is -0.481 e. The van der Waals surface area contributed by atoms with Crippen molar-refractivity contribution < 1.29 is 9.90 Å². The van der Waals surface area contributed by atoms with Crippen LogP contribution in [0.3, 0.4) is 0 Å². The normalized spacial score (nSPS) is 12.8. The third-order valence-electron chi connectivity index (χ3n) is 2.84. The van der Waals surface area contributed by atoms with E-state index in [2.05, 4.69) is 22.7 Å². The van der Waals surface area contributed by atoms with Gasteiger partial charge in [0.05, 0.1) is 16.8 Å². The van der Waals surface area contributed by atoms with Crippen molar-refractivity contribution in [1.82, 2.24) is 9.55 Å². The van der Waals surface area contributed by atoms with E-state index in [1.54, 1.807) is 17.8 Å². The molecule has 0 fully saturated rings. The van der Waals surface area contributed by atoms with Crippen LogP contribution in [0.4, 0.5) is 0 Å². The van der Waals surface area contributed by atoms with Crippen LogP contribution >= 0.6 is 35.1 Å². The van der Waals surface area contributed by atoms with Crippen molar-refractivity contribution in [3.63, 3.8) is 0 Å². The van der Waals surface area contributed by atoms with Crippen molar-refractivity contribution in [2.45, 2.75) is 23.9 Å². The topological polar surface area (TPSA) is 55.1 Å². The molecule has 2 rings (SSSR count). The number of aliphatic carboxylic acids is 1. The highest BCUT2D eigenvalue weighted by molar-refractivity contribution is 7.99. The van der Waals surface area contributed by atoms with Gasteiger partial charge in [0.2, 0.25) is 0 Å². The molecule has 7 heteroatoms. The van der Waals surface area contributed by atoms with Crippen LogP contribution in [0.15, 0.2) is 23.4 Å². The number of aromatic nitrogens is 2. The van der Waals surface area contributed by atoms with Gasteiger partial charge < -0.3 is 9.67 Å². The lowest BCUT2D eigenvalue weighted by Crippen LogP contribution is -2.10. The quantitative estimate of drug-likeness (QED) is 0.820. The van der Waals surface area contributed by atoms with Gasteiger partial charge in [-0.3, -0.25) is 4.79 Å². The minimum atomic E-state index is -0.843. The molecule has 1 N–H and O–H groups in total. The van der Waals surface area contributed by atoms with Gasteiger partial charge >= 0.3 is 5.97 Å². The summed E-state index contributed by atoms with van der Waals surface area (Å²) >= 11 is 9.05. The van der Waals surface area contributed by atoms with Crippen LogP contribution in [0.25, 0.3) is 11.0 Å². The van der Waals surface area contributed by atoms with Crippen LogP contribution in [0.2, 0.25) is 5.02 Å². The number of carboxylic acids is 1. The van der Waals surface area contributed by atoms with Crippen LogP contribution in [0, 0.1) is 0 Å². The molecule has 4 nitrogen and oxygen atoms in total. The number of nitrogens with zero attached hydrogens (tertiary/aromatic N) is 2. The first-order valence-electron chi connectivity index (χ1n) is 6.04. The maximum Gasteiger partial charge on any atom is 0.313 e. The maximum absolute atomic E-state index is 10.7. The van der Waals surface area contributed by atoms with E-state index in [4.69, 9.17) is 16.7 Å². The molecule has 1 unspecified atom stereocenters. The van der Waals surface area contributed by atoms with Crippen molar-refractivity contribution in [3.8, 4) is 0 Å². The number of carboxylic acid groups (broad SMARTS) is 1. The van der Waals surface area contributed by atoms with Crippen molar-refractivity contribution in [2.24, 2.45) is 0 Å². The highest BCUT2D eigenvalue weighted by Gasteiger charge is 2.15. The molecule has 0 spiro atoms. The Morgan fingerprint density at radius 1 is 1.55 bits per heavy atom. The molecule has 20 heavy (non-hydrogen) atoms. The fourth-order valence-corrected chi connectivity index (χ4v) is 3.03. The van der Waals surface area contributed by atoms with Crippen molar-refractivity contribution in [3.05, 3.63) is 23.2 Å². The van der Waals surface area contributed by atoms with Gasteiger partial charge in [0.1, 0.15) is 0 Å². The molecule has 0 aliphatic heterocycles. The number of benzene rings is 1. The average molecular weight is 331 g/mol. The second-order valence-electron chi connectivity index (χ2n) is 4.37. The summed E-state index contributed by atoms with van der Waals surface area (Å²) in [7, 11) is 0. The van der Waals surface area contributed by atoms with Gasteiger partial charge in [0, 0.05) is 16.8 Å². The van der Waals surface area contributed by atoms with E-state index in [9.17, 15) is 4.79 Å². The summed E-state index contributed by atoms with van der Waals surface area (Å²) in [6.45, 7) is 2.91. The molecule has 0 aliphatic rings. The lowest BCUT2D eigenvalue weighted by Gasteiger charge is -2.12. The highest BCUT2D eigenvalue weighted by atomic mass is 35.5. The Labute approximate surface area is 130 Å². The van der Waals surface area contributed by atoms with Crippen LogP contribution < -0.4 is 0 Å². The molecule has 2 aromatic rings. The van der Waals surface area contributed by atoms with Gasteiger partial charge in [-0.1, -0.05) is 30.3 Å². The smallest absolute Gasteiger partial charge is 0.313 e. The molecule has 1 heterocycles. The van der Waals surface area contributed by atoms with Crippen molar-refractivity contribution in [1.29, 1.82) is 0 Å². The molecule has 108 valence electrons. The fourth-order valence-electron chi connectivity index (χ4n) is 1.82. The monoisotopic (exact) mass is 330 g/mol. The van der Waals surface area contributed by atoms with Crippen LogP contribution in [-0.2, 0) is 11.3 Å². The van der Waals surface area contributed by atoms with Gasteiger partial charge in [-0.2, -0.15) is 11.8 Å². The number of thioether (sulfide) groups is 2. The molecule has 0 saturated heterocycles. The molecule has 0 saturated carbocycles. The molecule has 1 aromatic heterocycles. The molecule has 0 amide bonds. The van der Waals surface area contributed by atoms with Crippen LogP contribution in [-0.4, -0.2) is 37.9 Å². The lowest BCUT2D eigenvalue weighted by atomic mass is 10.3. The van der Waals surface area contributed by atoms with Gasteiger partial charge in [-0.05, 0) is 24.5 Å². The first-order valence-corrected chi connectivity index (χ1v) is 8.69. The Balaban J connectivity index is 2.42. The zero-order valence-electron chi connectivity index (χ0n) is 11.2. The molecule has 1 aromatic carbocycles. The van der Waals surface area contributed by atoms with E-state index in [1.807, 2.05) is 12.1 Å². The number of rotatable bonds is 6. The molecule has 0 radical (unpaired) electrons. The third-order valence-corrected chi connectivity index (χ3v) is 4.99. The Morgan fingerprint density at radius 3 is 2.95 bits per heavy atom. The first kappa shape index (κ1) is 15.5. The summed E-state index contributed by atoms with van der Waals surface area (Å²) in [5.74, 6) is -0.838. The number of imidazole rings is 1. The van der Waals surface area contributed by atoms with Crippen LogP contribution in [0.5, 0.6) is 0 Å². The average Bonchev–Trinajstić information content (AvgIpc) is 2.74. The summed E-state index contributed by atoms with van der Waals surface area (Å²) in [4.78, 5) is 15.3. The maximum atomic E-state index is 10.7. The highest BCUT2D eigenvalue weighted by Crippen LogP contribution is 2.27. The fraction of sp³-hybridized carbons (Fsp3) is 0.385. The Hall–Kier alpha value is -0.850. The summed E-state index contributed by atoms with van der Waals surface area (Å²) in [6.07, 6.45) is 2.06. The SMILES string of the molecule is CSC(C)Cn1c(SCC(=O)O)nc2ccc(Cl)cc21. The van der Waals surface area contributed by atoms with Crippen molar-refractivity contribution in [2.75, 3.05) is 12.0 Å². The number of hydrogen-bond donors (Lipinski definition) is 1. The van der Waals surface area contributed by atoms with Crippen LogP contribution in [0.1, 0.15) is 6.92 Å². The zero-order valence-corrected chi connectivity index (χ0v) is 13.6. The number of carbonyl (C=O) groups is 1. The summed E-state index contributed by atoms with van der Waals surface area (Å²) in [5.41, 5.74) is 1.79. The van der Waals surface area contributed by atoms with E-state index in [1.165, 1.54) is 11.8 Å². The predicted octanol–water partition coefficient (Wildman–Crippen LogP) is 3.62. The van der Waals surface area contributed by atoms with E-state index >= 15 is 0 Å². The first-order chi connectivity index (χ1) is 9.51. The second kappa shape index (κ2) is 6.74. The summed E-state index contributed by atoms with van der Waals surface area (Å²) in [5, 5.41) is 10.6. The van der Waals surface area contributed by atoms with Crippen molar-refractivity contribution >= 4 is 52.1 Å². The minimum absolute atomic E-state index is 0.00467. The molecular formula is C13H15ClN2O2S2. The Morgan fingerprint density at radius 2 is 2.30 bits per heavy atom. The third kappa shape index (κ3) is 3.62. The standard InChI is InChI=1S/C13H15ClN2O2S2/c1-8(19-2)6-16-11-5-9(14)3-4-10(11)15-13(16)20-7-12(17)18/h3-5,8H,6-7H2,1-2H3,(H,17,18). The Bertz CT molecular complexity index is 630. The predicted molar refractivity (Wildman–Crippen MR) is 86.1 cm³/mol. The van der Waals surface area contributed by atoms with E-state index in [0.29, 0.717) is 10.3 Å². The zero-order chi connectivity index (χ0) is 14.7. The van der Waals surface area contributed by atoms with Gasteiger partial charge in [0.25, 0.3) is 0 Å². The van der Waals surface area contributed by atoms with E-state index < -0.39 is 5.97 Å². The largest absolute Gasteiger partial charge is 0.481 e. The van der Waals surface area contributed by atoms with E-state index in [-0.39, 0.29) is 5.75 Å². The molecule has 1 atom stereocenters. The summed E-state index contributed by atoms with van der Waals surface area (Å²) < 4.78 is 2.05. The second-order valence-corrected chi connectivity index (χ2v) is 7.02. The number of halogens is 1. The molecular weight excluding hydrogens is 316 g/mol. The number of hydrogen-bond acceptors (Lipinski definition) is 4. The summed E-state index contributed by atoms with van der Waals surface area (Å²) in [6, 6.07) is 5.54. The van der Waals surface area contributed by atoms with Gasteiger partial charge in [0.15, 0.2) is 5.16 Å². The van der Waals surface area contributed by atoms with E-state index in [0.717, 1.165) is 22.7 Å². The van der Waals surface area contributed by atoms with Gasteiger partial charge in [-0.25, -0.2) is 4.98 Å². The van der Waals surface area contributed by atoms with Gasteiger partial charge in [-0.15, -0.1) is 0 Å². The Kier molecular flexibility index (Phi) is 5.23. The molecule has 0 aliphatic carbocycles.